The Morgan fingerprint density at radius 2 is 2.11 bits per heavy atom. The van der Waals surface area contributed by atoms with Crippen LogP contribution in [0.1, 0.15) is 6.42 Å². The third-order valence-electron chi connectivity index (χ3n) is 2.46. The van der Waals surface area contributed by atoms with Crippen molar-refractivity contribution in [2.75, 3.05) is 0 Å². The van der Waals surface area contributed by atoms with Gasteiger partial charge in [0.1, 0.15) is 13.6 Å². The summed E-state index contributed by atoms with van der Waals surface area (Å²) >= 11 is 6.09. The zero-order valence-corrected chi connectivity index (χ0v) is 12.8. The van der Waals surface area contributed by atoms with Crippen LogP contribution in [0, 0.1) is 11.5 Å². The molecular formula is C14H17ClN2Si. The lowest BCUT2D eigenvalue weighted by Crippen LogP contribution is -2.16. The molecule has 0 amide bonds. The van der Waals surface area contributed by atoms with Crippen LogP contribution >= 0.6 is 11.6 Å². The number of aromatic nitrogens is 2. The second kappa shape index (κ2) is 5.17. The van der Waals surface area contributed by atoms with E-state index < -0.39 is 8.07 Å². The van der Waals surface area contributed by atoms with Crippen molar-refractivity contribution in [2.24, 2.45) is 0 Å². The minimum Gasteiger partial charge on any atom is -0.271 e. The Balaban J connectivity index is 2.08. The van der Waals surface area contributed by atoms with Crippen LogP contribution < -0.4 is 0 Å². The molecule has 0 saturated carbocycles. The van der Waals surface area contributed by atoms with Gasteiger partial charge in [0.05, 0.1) is 11.6 Å². The standard InChI is InChI=1S/C14H17ClN2Si/c1-18(2,3)10-5-4-9-17-11-12-7-6-8-13(15)14(12)16-17/h6-8,11H,4,9H2,1-3H3. The molecule has 0 saturated heterocycles. The van der Waals surface area contributed by atoms with Gasteiger partial charge in [0, 0.05) is 18.0 Å². The Bertz CT molecular complexity index is 614. The number of fused-ring (bicyclic) bond motifs is 1. The van der Waals surface area contributed by atoms with Crippen molar-refractivity contribution in [3.63, 3.8) is 0 Å². The molecule has 0 aliphatic rings. The molecule has 0 atom stereocenters. The normalized spacial score (nSPS) is 11.3. The maximum Gasteiger partial charge on any atom is 0.129 e. The zero-order valence-electron chi connectivity index (χ0n) is 11.0. The van der Waals surface area contributed by atoms with Crippen LogP contribution in [-0.4, -0.2) is 17.9 Å². The maximum absolute atomic E-state index is 6.09. The van der Waals surface area contributed by atoms with Gasteiger partial charge in [-0.1, -0.05) is 43.4 Å². The number of hydrogen-bond acceptors (Lipinski definition) is 1. The Kier molecular flexibility index (Phi) is 3.79. The van der Waals surface area contributed by atoms with Crippen LogP contribution in [0.25, 0.3) is 10.9 Å². The Hall–Kier alpha value is -1.24. The van der Waals surface area contributed by atoms with Gasteiger partial charge < -0.3 is 0 Å². The molecule has 4 heteroatoms. The first kappa shape index (κ1) is 13.2. The molecule has 1 heterocycles. The van der Waals surface area contributed by atoms with E-state index in [0.717, 1.165) is 23.9 Å². The van der Waals surface area contributed by atoms with Crippen LogP contribution in [0.4, 0.5) is 0 Å². The van der Waals surface area contributed by atoms with Gasteiger partial charge in [0.2, 0.25) is 0 Å². The summed E-state index contributed by atoms with van der Waals surface area (Å²) in [6.07, 6.45) is 2.87. The summed E-state index contributed by atoms with van der Waals surface area (Å²) in [5.41, 5.74) is 4.23. The number of rotatable bonds is 2. The van der Waals surface area contributed by atoms with E-state index in [0.29, 0.717) is 5.02 Å². The first-order chi connectivity index (χ1) is 8.46. The van der Waals surface area contributed by atoms with Gasteiger partial charge >= 0.3 is 0 Å². The Labute approximate surface area is 114 Å². The average molecular weight is 277 g/mol. The molecule has 2 aromatic rings. The molecule has 0 aliphatic carbocycles. The molecule has 0 bridgehead atoms. The molecule has 1 aromatic heterocycles. The fourth-order valence-electron chi connectivity index (χ4n) is 1.67. The van der Waals surface area contributed by atoms with Gasteiger partial charge in [-0.3, -0.25) is 4.68 Å². The van der Waals surface area contributed by atoms with E-state index >= 15 is 0 Å². The highest BCUT2D eigenvalue weighted by atomic mass is 35.5. The van der Waals surface area contributed by atoms with Crippen LogP contribution in [0.5, 0.6) is 0 Å². The largest absolute Gasteiger partial charge is 0.271 e. The number of halogens is 1. The van der Waals surface area contributed by atoms with E-state index in [1.54, 1.807) is 0 Å². The van der Waals surface area contributed by atoms with E-state index in [9.17, 15) is 0 Å². The molecule has 0 unspecified atom stereocenters. The second-order valence-corrected chi connectivity index (χ2v) is 10.5. The third-order valence-corrected chi connectivity index (χ3v) is 3.70. The SMILES string of the molecule is C[Si](C)(C)C#CCCn1cc2cccc(Cl)c2n1. The van der Waals surface area contributed by atoms with Crippen molar-refractivity contribution < 1.29 is 0 Å². The summed E-state index contributed by atoms with van der Waals surface area (Å²) in [7, 11) is -1.25. The maximum atomic E-state index is 6.09. The minimum absolute atomic E-state index is 0.708. The zero-order chi connectivity index (χ0) is 13.2. The molecule has 2 nitrogen and oxygen atoms in total. The third kappa shape index (κ3) is 3.38. The lowest BCUT2D eigenvalue weighted by Gasteiger charge is -2.03. The monoisotopic (exact) mass is 276 g/mol. The molecule has 0 radical (unpaired) electrons. The molecule has 0 N–H and O–H groups in total. The van der Waals surface area contributed by atoms with E-state index in [-0.39, 0.29) is 0 Å². The Morgan fingerprint density at radius 3 is 2.78 bits per heavy atom. The first-order valence-corrected chi connectivity index (χ1v) is 9.95. The lowest BCUT2D eigenvalue weighted by molar-refractivity contribution is 0.637. The first-order valence-electron chi connectivity index (χ1n) is 6.07. The summed E-state index contributed by atoms with van der Waals surface area (Å²) in [6.45, 7) is 7.58. The van der Waals surface area contributed by atoms with Gasteiger partial charge in [0.15, 0.2) is 0 Å². The highest BCUT2D eigenvalue weighted by Gasteiger charge is 2.07. The van der Waals surface area contributed by atoms with Crippen LogP contribution in [-0.2, 0) is 6.54 Å². The van der Waals surface area contributed by atoms with Crippen molar-refractivity contribution in [1.29, 1.82) is 0 Å². The van der Waals surface area contributed by atoms with E-state index in [1.807, 2.05) is 29.1 Å². The van der Waals surface area contributed by atoms with Crippen molar-refractivity contribution in [2.45, 2.75) is 32.6 Å². The van der Waals surface area contributed by atoms with E-state index in [4.69, 9.17) is 11.6 Å². The quantitative estimate of drug-likeness (QED) is 0.600. The smallest absolute Gasteiger partial charge is 0.129 e. The van der Waals surface area contributed by atoms with Gasteiger partial charge in [-0.15, -0.1) is 11.5 Å². The average Bonchev–Trinajstić information content (AvgIpc) is 2.68. The molecule has 0 spiro atoms. The van der Waals surface area contributed by atoms with E-state index in [2.05, 4.69) is 36.2 Å². The van der Waals surface area contributed by atoms with Gasteiger partial charge in [-0.05, 0) is 6.07 Å². The second-order valence-electron chi connectivity index (χ2n) is 5.37. The molecule has 18 heavy (non-hydrogen) atoms. The van der Waals surface area contributed by atoms with Crippen molar-refractivity contribution in [3.8, 4) is 11.5 Å². The number of nitrogens with zero attached hydrogens (tertiary/aromatic N) is 2. The highest BCUT2D eigenvalue weighted by Crippen LogP contribution is 2.21. The Morgan fingerprint density at radius 1 is 1.33 bits per heavy atom. The van der Waals surface area contributed by atoms with Crippen LogP contribution in [0.2, 0.25) is 24.7 Å². The summed E-state index contributed by atoms with van der Waals surface area (Å²) in [4.78, 5) is 0. The molecular weight excluding hydrogens is 260 g/mol. The molecule has 0 aliphatic heterocycles. The summed E-state index contributed by atoms with van der Waals surface area (Å²) < 4.78 is 1.93. The fourth-order valence-corrected chi connectivity index (χ4v) is 2.55. The molecule has 94 valence electrons. The van der Waals surface area contributed by atoms with Gasteiger partial charge in [0.25, 0.3) is 0 Å². The summed E-state index contributed by atoms with van der Waals surface area (Å²) in [5.74, 6) is 3.25. The van der Waals surface area contributed by atoms with Crippen molar-refractivity contribution in [3.05, 3.63) is 29.4 Å². The highest BCUT2D eigenvalue weighted by molar-refractivity contribution is 6.83. The number of hydrogen-bond donors (Lipinski definition) is 0. The lowest BCUT2D eigenvalue weighted by atomic mass is 10.3. The predicted molar refractivity (Wildman–Crippen MR) is 80.5 cm³/mol. The molecule has 1 aromatic carbocycles. The van der Waals surface area contributed by atoms with E-state index in [1.165, 1.54) is 0 Å². The van der Waals surface area contributed by atoms with Crippen molar-refractivity contribution >= 4 is 30.6 Å². The number of benzene rings is 1. The van der Waals surface area contributed by atoms with Gasteiger partial charge in [-0.2, -0.15) is 5.10 Å². The summed E-state index contributed by atoms with van der Waals surface area (Å²) in [5, 5.41) is 6.27. The molecule has 0 fully saturated rings. The predicted octanol–water partition coefficient (Wildman–Crippen LogP) is 3.96. The number of aryl methyl sites for hydroxylation is 1. The fraction of sp³-hybridized carbons (Fsp3) is 0.357. The van der Waals surface area contributed by atoms with Crippen molar-refractivity contribution in [1.82, 2.24) is 9.78 Å². The summed E-state index contributed by atoms with van der Waals surface area (Å²) in [6, 6.07) is 5.84. The minimum atomic E-state index is -1.25. The van der Waals surface area contributed by atoms with Crippen LogP contribution in [0.15, 0.2) is 24.4 Å². The topological polar surface area (TPSA) is 17.8 Å². The van der Waals surface area contributed by atoms with Crippen LogP contribution in [0.3, 0.4) is 0 Å². The molecule has 2 rings (SSSR count). The van der Waals surface area contributed by atoms with Gasteiger partial charge in [-0.25, -0.2) is 0 Å².